The summed E-state index contributed by atoms with van der Waals surface area (Å²) in [5.74, 6) is 1.00. The summed E-state index contributed by atoms with van der Waals surface area (Å²) in [6.45, 7) is 4.22. The molecule has 9 nitrogen and oxygen atoms in total. The number of fused-ring (bicyclic) bond motifs is 1. The van der Waals surface area contributed by atoms with E-state index in [0.717, 1.165) is 26.0 Å². The van der Waals surface area contributed by atoms with Gasteiger partial charge >= 0.3 is 226 Å². The summed E-state index contributed by atoms with van der Waals surface area (Å²) in [6.07, 6.45) is 1.67. The fourth-order valence-electron chi connectivity index (χ4n) is 3.77. The molecule has 0 fully saturated rings. The van der Waals surface area contributed by atoms with E-state index in [1.165, 1.54) is 5.56 Å². The van der Waals surface area contributed by atoms with E-state index in [1.807, 2.05) is 31.2 Å². The molecular formula is C27H24ClIN7O2S-. The Balaban J connectivity index is 1.23. The number of carbonyl (C=O) groups is 1. The van der Waals surface area contributed by atoms with E-state index in [9.17, 15) is 9.00 Å². The Morgan fingerprint density at radius 1 is 1.05 bits per heavy atom. The molecule has 5 rings (SSSR count). The predicted molar refractivity (Wildman–Crippen MR) is 148 cm³/mol. The number of halogens is 2. The summed E-state index contributed by atoms with van der Waals surface area (Å²) >= 11 is 5.28. The first-order chi connectivity index (χ1) is 18.7. The molecule has 39 heavy (non-hydrogen) atoms. The normalized spacial score (nSPS) is 13.9. The summed E-state index contributed by atoms with van der Waals surface area (Å²) in [6, 6.07) is 19.7. The van der Waals surface area contributed by atoms with Crippen molar-refractivity contribution in [2.45, 2.75) is 25.3 Å². The molecule has 1 unspecified atom stereocenters. The molecule has 1 atom stereocenters. The standard InChI is InChI=1S/C27H24ClIN7O2S/c1-16-3-6-18(7-4-16)14-32-27(37)34-26-22-15-31-25(33-24(22)29-35-26)19-8-11-21(12-9-19)36-39(30,38)23-13-20(28)10-5-17(23)2/h3-13,15H,14H2,1-2H3,(H2,30,36,38)(H2,32,34,35,37)/q-1. The van der Waals surface area contributed by atoms with Gasteiger partial charge in [-0.2, -0.15) is 0 Å². The Morgan fingerprint density at radius 2 is 1.79 bits per heavy atom. The van der Waals surface area contributed by atoms with Gasteiger partial charge in [-0.3, -0.25) is 0 Å². The van der Waals surface area contributed by atoms with Gasteiger partial charge in [0.25, 0.3) is 0 Å². The van der Waals surface area contributed by atoms with E-state index < -0.39 is 31.4 Å². The SMILES string of the molecule is Cc1ccc(CNC(=O)NC2=N[I-]c3nc(-c4ccc(NS(=N)(=O)c5cc(Cl)ccc5C)cc4)ncc32)cc1. The second-order valence-electron chi connectivity index (χ2n) is 8.85. The molecule has 0 spiro atoms. The number of aromatic nitrogens is 2. The van der Waals surface area contributed by atoms with Gasteiger partial charge in [-0.05, 0) is 6.07 Å². The summed E-state index contributed by atoms with van der Waals surface area (Å²) < 4.78 is 29.6. The Labute approximate surface area is 242 Å². The second kappa shape index (κ2) is 11.3. The molecule has 12 heteroatoms. The minimum atomic E-state index is -3.31. The third-order valence-corrected chi connectivity index (χ3v) is 9.69. The Kier molecular flexibility index (Phi) is 7.82. The molecule has 2 amide bonds. The average Bonchev–Trinajstić information content (AvgIpc) is 3.31. The van der Waals surface area contributed by atoms with E-state index in [2.05, 4.69) is 28.5 Å². The van der Waals surface area contributed by atoms with Gasteiger partial charge in [0, 0.05) is 0 Å². The van der Waals surface area contributed by atoms with Crippen LogP contribution in [-0.4, -0.2) is 26.0 Å². The zero-order valence-electron chi connectivity index (χ0n) is 21.0. The second-order valence-corrected chi connectivity index (χ2v) is 13.0. The number of aryl methyl sites for hydroxylation is 2. The number of carbonyl (C=O) groups excluding carboxylic acids is 1. The van der Waals surface area contributed by atoms with Gasteiger partial charge in [-0.25, -0.2) is 0 Å². The third kappa shape index (κ3) is 6.37. The first kappa shape index (κ1) is 27.0. The first-order valence-electron chi connectivity index (χ1n) is 11.8. The van der Waals surface area contributed by atoms with Gasteiger partial charge in [0.1, 0.15) is 0 Å². The van der Waals surface area contributed by atoms with Crippen LogP contribution in [0, 0.1) is 22.3 Å². The Bertz CT molecular complexity index is 1690. The molecule has 3 aromatic carbocycles. The topological polar surface area (TPSA) is 132 Å². The number of amidine groups is 1. The van der Waals surface area contributed by atoms with Gasteiger partial charge in [-0.15, -0.1) is 0 Å². The Hall–Kier alpha value is -3.55. The predicted octanol–water partition coefficient (Wildman–Crippen LogP) is 2.28. The molecular weight excluding hydrogens is 649 g/mol. The van der Waals surface area contributed by atoms with E-state index in [-0.39, 0.29) is 6.03 Å². The zero-order chi connectivity index (χ0) is 27.6. The van der Waals surface area contributed by atoms with Gasteiger partial charge in [-0.1, -0.05) is 11.6 Å². The van der Waals surface area contributed by atoms with Crippen molar-refractivity contribution in [2.75, 3.05) is 4.72 Å². The molecule has 4 N–H and O–H groups in total. The molecule has 4 aromatic rings. The number of benzene rings is 3. The summed E-state index contributed by atoms with van der Waals surface area (Å²) in [5, 5.41) is 6.08. The molecule has 0 radical (unpaired) electrons. The molecule has 0 bridgehead atoms. The van der Waals surface area contributed by atoms with Crippen LogP contribution in [0.15, 0.2) is 81.0 Å². The minimum absolute atomic E-state index is 0.336. The van der Waals surface area contributed by atoms with E-state index >= 15 is 0 Å². The fourth-order valence-corrected chi connectivity index (χ4v) is 7.24. The fraction of sp³-hybridized carbons (Fsp3) is 0.111. The summed E-state index contributed by atoms with van der Waals surface area (Å²) in [4.78, 5) is 21.9. The van der Waals surface area contributed by atoms with Crippen LogP contribution in [-0.2, 0) is 16.5 Å². The van der Waals surface area contributed by atoms with Crippen molar-refractivity contribution >= 4 is 39.1 Å². The van der Waals surface area contributed by atoms with Crippen LogP contribution in [0.2, 0.25) is 5.02 Å². The maximum absolute atomic E-state index is 13.1. The molecule has 1 aromatic heterocycles. The van der Waals surface area contributed by atoms with Crippen LogP contribution in [0.5, 0.6) is 0 Å². The molecule has 200 valence electrons. The van der Waals surface area contributed by atoms with Crippen LogP contribution in [0.3, 0.4) is 0 Å². The van der Waals surface area contributed by atoms with Crippen LogP contribution in [0.1, 0.15) is 22.3 Å². The van der Waals surface area contributed by atoms with Crippen LogP contribution in [0.4, 0.5) is 10.5 Å². The van der Waals surface area contributed by atoms with Crippen molar-refractivity contribution in [3.8, 4) is 11.4 Å². The van der Waals surface area contributed by atoms with Gasteiger partial charge in [0.15, 0.2) is 0 Å². The number of anilines is 1. The molecule has 1 aliphatic rings. The van der Waals surface area contributed by atoms with Crippen molar-refractivity contribution in [1.29, 1.82) is 4.78 Å². The number of hydrogen-bond acceptors (Lipinski definition) is 6. The molecule has 2 heterocycles. The number of urea groups is 1. The van der Waals surface area contributed by atoms with Crippen LogP contribution < -0.4 is 36.8 Å². The van der Waals surface area contributed by atoms with E-state index in [4.69, 9.17) is 16.4 Å². The summed E-state index contributed by atoms with van der Waals surface area (Å²) in [7, 11) is -3.31. The number of rotatable bonds is 6. The van der Waals surface area contributed by atoms with Crippen LogP contribution in [0.25, 0.3) is 11.4 Å². The Morgan fingerprint density at radius 3 is 2.54 bits per heavy atom. The quantitative estimate of drug-likeness (QED) is 0.185. The van der Waals surface area contributed by atoms with Crippen molar-refractivity contribution < 1.29 is 30.5 Å². The van der Waals surface area contributed by atoms with Gasteiger partial charge < -0.3 is 0 Å². The summed E-state index contributed by atoms with van der Waals surface area (Å²) in [5.41, 5.74) is 4.91. The number of nitrogens with one attached hydrogen (secondary N) is 4. The number of hydrogen-bond donors (Lipinski definition) is 4. The van der Waals surface area contributed by atoms with E-state index in [0.29, 0.717) is 33.8 Å². The number of amides is 2. The van der Waals surface area contributed by atoms with Gasteiger partial charge in [0.05, 0.1) is 0 Å². The maximum atomic E-state index is 13.1. The first-order valence-corrected chi connectivity index (χ1v) is 15.8. The van der Waals surface area contributed by atoms with Crippen molar-refractivity contribution in [3.63, 3.8) is 0 Å². The van der Waals surface area contributed by atoms with Crippen molar-refractivity contribution in [2.24, 2.45) is 3.21 Å². The van der Waals surface area contributed by atoms with E-state index in [1.54, 1.807) is 55.6 Å². The third-order valence-electron chi connectivity index (χ3n) is 5.87. The number of nitrogens with zero attached hydrogens (tertiary/aromatic N) is 3. The zero-order valence-corrected chi connectivity index (χ0v) is 24.7. The average molecular weight is 673 g/mol. The molecule has 1 aliphatic heterocycles. The van der Waals surface area contributed by atoms with Crippen LogP contribution >= 0.6 is 11.6 Å². The molecule has 0 saturated heterocycles. The van der Waals surface area contributed by atoms with Gasteiger partial charge in [0.2, 0.25) is 0 Å². The molecule has 0 saturated carbocycles. The van der Waals surface area contributed by atoms with Crippen molar-refractivity contribution in [3.05, 3.63) is 104 Å². The van der Waals surface area contributed by atoms with Crippen molar-refractivity contribution in [1.82, 2.24) is 20.6 Å². The molecule has 0 aliphatic carbocycles. The monoisotopic (exact) mass is 672 g/mol.